The summed E-state index contributed by atoms with van der Waals surface area (Å²) in [5, 5.41) is 6.03. The first kappa shape index (κ1) is 13.9. The van der Waals surface area contributed by atoms with Gasteiger partial charge in [0.1, 0.15) is 0 Å². The van der Waals surface area contributed by atoms with Crippen LogP contribution in [0.15, 0.2) is 49.4 Å². The van der Waals surface area contributed by atoms with Crippen LogP contribution in [0.25, 0.3) is 0 Å². The number of hydrogen-bond acceptors (Lipinski definition) is 3. The number of rotatable bonds is 6. The Balaban J connectivity index is 1.93. The first-order valence-electron chi connectivity index (χ1n) is 6.39. The van der Waals surface area contributed by atoms with E-state index in [9.17, 15) is 4.79 Å². The standard InChI is InChI=1S/C15H18N4O/c1-3-8-17-15(20)12-4-6-13(7-5-12)18-10-14-9-16-11-19(14)2/h3-7,9,11,18H,1,8,10H2,2H3,(H,17,20). The molecule has 0 unspecified atom stereocenters. The summed E-state index contributed by atoms with van der Waals surface area (Å²) in [6.45, 7) is 4.73. The Morgan fingerprint density at radius 2 is 2.15 bits per heavy atom. The molecule has 104 valence electrons. The minimum Gasteiger partial charge on any atom is -0.379 e. The molecule has 0 aliphatic rings. The van der Waals surface area contributed by atoms with Gasteiger partial charge in [0.2, 0.25) is 0 Å². The van der Waals surface area contributed by atoms with Crippen molar-refractivity contribution in [1.29, 1.82) is 0 Å². The van der Waals surface area contributed by atoms with E-state index in [0.717, 1.165) is 11.4 Å². The molecule has 1 aromatic carbocycles. The van der Waals surface area contributed by atoms with Gasteiger partial charge in [-0.1, -0.05) is 6.08 Å². The van der Waals surface area contributed by atoms with Crippen molar-refractivity contribution in [2.24, 2.45) is 7.05 Å². The van der Waals surface area contributed by atoms with Crippen molar-refractivity contribution in [1.82, 2.24) is 14.9 Å². The van der Waals surface area contributed by atoms with E-state index in [0.29, 0.717) is 18.7 Å². The quantitative estimate of drug-likeness (QED) is 0.789. The molecule has 0 saturated heterocycles. The van der Waals surface area contributed by atoms with E-state index in [2.05, 4.69) is 22.2 Å². The SMILES string of the molecule is C=CCNC(=O)c1ccc(NCc2cncn2C)cc1. The van der Waals surface area contributed by atoms with Crippen molar-refractivity contribution in [3.8, 4) is 0 Å². The fourth-order valence-corrected chi connectivity index (χ4v) is 1.75. The van der Waals surface area contributed by atoms with Gasteiger partial charge in [0, 0.05) is 31.0 Å². The molecule has 2 aromatic rings. The highest BCUT2D eigenvalue weighted by molar-refractivity contribution is 5.94. The van der Waals surface area contributed by atoms with E-state index in [4.69, 9.17) is 0 Å². The van der Waals surface area contributed by atoms with Gasteiger partial charge in [-0.05, 0) is 24.3 Å². The van der Waals surface area contributed by atoms with Gasteiger partial charge < -0.3 is 15.2 Å². The van der Waals surface area contributed by atoms with Gasteiger partial charge in [0.15, 0.2) is 0 Å². The van der Waals surface area contributed by atoms with E-state index in [-0.39, 0.29) is 5.91 Å². The number of carbonyl (C=O) groups excluding carboxylic acids is 1. The molecule has 0 fully saturated rings. The topological polar surface area (TPSA) is 59.0 Å². The molecule has 1 aromatic heterocycles. The monoisotopic (exact) mass is 270 g/mol. The van der Waals surface area contributed by atoms with Crippen LogP contribution in [-0.2, 0) is 13.6 Å². The minimum absolute atomic E-state index is 0.0944. The van der Waals surface area contributed by atoms with Crippen molar-refractivity contribution >= 4 is 11.6 Å². The number of hydrogen-bond donors (Lipinski definition) is 2. The molecular weight excluding hydrogens is 252 g/mol. The maximum absolute atomic E-state index is 11.7. The second kappa shape index (κ2) is 6.56. The van der Waals surface area contributed by atoms with Crippen molar-refractivity contribution in [3.05, 3.63) is 60.7 Å². The molecule has 0 spiro atoms. The molecule has 2 rings (SSSR count). The van der Waals surface area contributed by atoms with Crippen LogP contribution in [0.4, 0.5) is 5.69 Å². The smallest absolute Gasteiger partial charge is 0.251 e. The van der Waals surface area contributed by atoms with Crippen LogP contribution < -0.4 is 10.6 Å². The van der Waals surface area contributed by atoms with Crippen LogP contribution in [0.1, 0.15) is 16.1 Å². The highest BCUT2D eigenvalue weighted by Gasteiger charge is 2.04. The van der Waals surface area contributed by atoms with E-state index >= 15 is 0 Å². The summed E-state index contributed by atoms with van der Waals surface area (Å²) in [4.78, 5) is 15.8. The van der Waals surface area contributed by atoms with Crippen molar-refractivity contribution in [3.63, 3.8) is 0 Å². The molecule has 0 saturated carbocycles. The van der Waals surface area contributed by atoms with E-state index in [1.807, 2.05) is 29.9 Å². The highest BCUT2D eigenvalue weighted by Crippen LogP contribution is 2.11. The van der Waals surface area contributed by atoms with Gasteiger partial charge in [-0.2, -0.15) is 0 Å². The molecule has 0 aliphatic heterocycles. The van der Waals surface area contributed by atoms with Crippen molar-refractivity contribution in [2.75, 3.05) is 11.9 Å². The summed E-state index contributed by atoms with van der Waals surface area (Å²) in [5.41, 5.74) is 2.70. The summed E-state index contributed by atoms with van der Waals surface area (Å²) in [6, 6.07) is 7.37. The van der Waals surface area contributed by atoms with Crippen molar-refractivity contribution in [2.45, 2.75) is 6.54 Å². The number of benzene rings is 1. The van der Waals surface area contributed by atoms with Crippen LogP contribution in [0.2, 0.25) is 0 Å². The lowest BCUT2D eigenvalue weighted by Gasteiger charge is -2.08. The number of anilines is 1. The predicted molar refractivity (Wildman–Crippen MR) is 79.5 cm³/mol. The number of aryl methyl sites for hydroxylation is 1. The van der Waals surface area contributed by atoms with Gasteiger partial charge in [0.25, 0.3) is 5.91 Å². The average Bonchev–Trinajstić information content (AvgIpc) is 2.88. The third-order valence-electron chi connectivity index (χ3n) is 2.94. The molecule has 5 heteroatoms. The van der Waals surface area contributed by atoms with Gasteiger partial charge >= 0.3 is 0 Å². The Morgan fingerprint density at radius 3 is 2.75 bits per heavy atom. The van der Waals surface area contributed by atoms with Gasteiger partial charge in [0.05, 0.1) is 18.6 Å². The lowest BCUT2D eigenvalue weighted by molar-refractivity contribution is 0.0958. The second-order valence-electron chi connectivity index (χ2n) is 4.43. The predicted octanol–water partition coefficient (Wildman–Crippen LogP) is 1.95. The minimum atomic E-state index is -0.0944. The van der Waals surface area contributed by atoms with E-state index in [1.54, 1.807) is 24.5 Å². The normalized spacial score (nSPS) is 10.1. The average molecular weight is 270 g/mol. The van der Waals surface area contributed by atoms with Crippen LogP contribution in [0, 0.1) is 0 Å². The second-order valence-corrected chi connectivity index (χ2v) is 4.43. The first-order chi connectivity index (χ1) is 9.70. The third-order valence-corrected chi connectivity index (χ3v) is 2.94. The Morgan fingerprint density at radius 1 is 1.40 bits per heavy atom. The largest absolute Gasteiger partial charge is 0.379 e. The van der Waals surface area contributed by atoms with Crippen molar-refractivity contribution < 1.29 is 4.79 Å². The first-order valence-corrected chi connectivity index (χ1v) is 6.39. The lowest BCUT2D eigenvalue weighted by Crippen LogP contribution is -2.23. The summed E-state index contributed by atoms with van der Waals surface area (Å²) < 4.78 is 1.96. The fourth-order valence-electron chi connectivity index (χ4n) is 1.75. The molecule has 5 nitrogen and oxygen atoms in total. The summed E-state index contributed by atoms with van der Waals surface area (Å²) in [6.07, 6.45) is 5.25. The number of carbonyl (C=O) groups is 1. The number of aromatic nitrogens is 2. The zero-order chi connectivity index (χ0) is 14.4. The molecule has 20 heavy (non-hydrogen) atoms. The summed E-state index contributed by atoms with van der Waals surface area (Å²) in [5.74, 6) is -0.0944. The van der Waals surface area contributed by atoms with Crippen LogP contribution >= 0.6 is 0 Å². The highest BCUT2D eigenvalue weighted by atomic mass is 16.1. The molecule has 0 atom stereocenters. The molecule has 1 amide bonds. The van der Waals surface area contributed by atoms with Gasteiger partial charge in [-0.25, -0.2) is 4.98 Å². The number of amides is 1. The fraction of sp³-hybridized carbons (Fsp3) is 0.200. The van der Waals surface area contributed by atoms with Crippen LogP contribution in [0.3, 0.4) is 0 Å². The van der Waals surface area contributed by atoms with Crippen LogP contribution in [0.5, 0.6) is 0 Å². The number of nitrogens with zero attached hydrogens (tertiary/aromatic N) is 2. The maximum Gasteiger partial charge on any atom is 0.251 e. The summed E-state index contributed by atoms with van der Waals surface area (Å²) >= 11 is 0. The lowest BCUT2D eigenvalue weighted by atomic mass is 10.2. The summed E-state index contributed by atoms with van der Waals surface area (Å²) in [7, 11) is 1.96. The molecule has 0 radical (unpaired) electrons. The number of imidazole rings is 1. The zero-order valence-electron chi connectivity index (χ0n) is 11.5. The van der Waals surface area contributed by atoms with Gasteiger partial charge in [-0.15, -0.1) is 6.58 Å². The third kappa shape index (κ3) is 3.47. The zero-order valence-corrected chi connectivity index (χ0v) is 11.5. The van der Waals surface area contributed by atoms with Gasteiger partial charge in [-0.3, -0.25) is 4.79 Å². The molecule has 1 heterocycles. The molecule has 0 aliphatic carbocycles. The van der Waals surface area contributed by atoms with Crippen LogP contribution in [-0.4, -0.2) is 22.0 Å². The molecule has 2 N–H and O–H groups in total. The Hall–Kier alpha value is -2.56. The van der Waals surface area contributed by atoms with E-state index in [1.165, 1.54) is 0 Å². The molecule has 0 bridgehead atoms. The molecular formula is C15H18N4O. The number of nitrogens with one attached hydrogen (secondary N) is 2. The maximum atomic E-state index is 11.7. The Bertz CT molecular complexity index is 586. The Labute approximate surface area is 118 Å². The van der Waals surface area contributed by atoms with E-state index < -0.39 is 0 Å². The Kier molecular flexibility index (Phi) is 4.55.